The Hall–Kier alpha value is -3.14. The lowest BCUT2D eigenvalue weighted by Gasteiger charge is -2.49. The highest BCUT2D eigenvalue weighted by Gasteiger charge is 2.54. The number of hydrogen-bond acceptors (Lipinski definition) is 11. The van der Waals surface area contributed by atoms with Gasteiger partial charge < -0.3 is 25.4 Å². The number of rotatable bonds is 11. The van der Waals surface area contributed by atoms with E-state index in [1.807, 2.05) is 0 Å². The lowest BCUT2D eigenvalue weighted by Crippen LogP contribution is -2.70. The number of phenols is 1. The van der Waals surface area contributed by atoms with Crippen LogP contribution in [0.2, 0.25) is 0 Å². The second-order valence-corrected chi connectivity index (χ2v) is 11.0. The lowest BCUT2D eigenvalue weighted by atomic mass is 10.0. The maximum Gasteiger partial charge on any atom is 0.352 e. The minimum Gasteiger partial charge on any atom is -0.508 e. The van der Waals surface area contributed by atoms with Gasteiger partial charge in [0.1, 0.15) is 41.1 Å². The molecule has 0 bridgehead atoms. The van der Waals surface area contributed by atoms with Crippen LogP contribution in [0.3, 0.4) is 0 Å². The lowest BCUT2D eigenvalue weighted by molar-refractivity contribution is -0.150. The SMILES string of the molecule is O=C(O)COCc1nnc(SCC2=C(C(=O)O)N3C(=O)C(NC(=O)Cc4ccccc4O)[C@H]3SC2)s1. The third-order valence-electron chi connectivity index (χ3n) is 5.18. The minimum atomic E-state index is -1.23. The molecule has 1 fully saturated rings. The molecule has 1 aromatic carbocycles. The minimum absolute atomic E-state index is 0.00437. The van der Waals surface area contributed by atoms with E-state index in [-0.39, 0.29) is 30.2 Å². The Morgan fingerprint density at radius 1 is 1.22 bits per heavy atom. The predicted molar refractivity (Wildman–Crippen MR) is 129 cm³/mol. The Morgan fingerprint density at radius 2 is 2.00 bits per heavy atom. The third kappa shape index (κ3) is 5.80. The average molecular weight is 553 g/mol. The zero-order valence-corrected chi connectivity index (χ0v) is 20.9. The van der Waals surface area contributed by atoms with Crippen molar-refractivity contribution in [1.82, 2.24) is 20.4 Å². The molecule has 1 saturated heterocycles. The molecule has 0 spiro atoms. The van der Waals surface area contributed by atoms with Gasteiger partial charge in [-0.2, -0.15) is 0 Å². The number of aromatic nitrogens is 2. The van der Waals surface area contributed by atoms with Crippen molar-refractivity contribution in [1.29, 1.82) is 0 Å². The van der Waals surface area contributed by atoms with Gasteiger partial charge in [0.25, 0.3) is 5.91 Å². The van der Waals surface area contributed by atoms with Crippen LogP contribution < -0.4 is 5.32 Å². The summed E-state index contributed by atoms with van der Waals surface area (Å²) in [6.07, 6.45) is -0.109. The summed E-state index contributed by atoms with van der Waals surface area (Å²) in [5, 5.41) is 38.8. The van der Waals surface area contributed by atoms with Gasteiger partial charge in [-0.15, -0.1) is 22.0 Å². The second kappa shape index (κ2) is 11.3. The largest absolute Gasteiger partial charge is 0.508 e. The molecular formula is C21H20N4O8S3. The first kappa shape index (κ1) is 25.9. The van der Waals surface area contributed by atoms with Gasteiger partial charge >= 0.3 is 11.9 Å². The molecule has 15 heteroatoms. The molecule has 190 valence electrons. The van der Waals surface area contributed by atoms with E-state index in [0.717, 1.165) is 0 Å². The summed E-state index contributed by atoms with van der Waals surface area (Å²) in [5.74, 6) is -2.68. The zero-order chi connectivity index (χ0) is 25.8. The van der Waals surface area contributed by atoms with E-state index in [2.05, 4.69) is 15.5 Å². The maximum atomic E-state index is 12.8. The van der Waals surface area contributed by atoms with Gasteiger partial charge in [-0.25, -0.2) is 9.59 Å². The molecule has 2 amide bonds. The number of ether oxygens (including phenoxy) is 1. The number of nitrogens with one attached hydrogen (secondary N) is 1. The number of phenolic OH excluding ortho intramolecular Hbond substituents is 1. The van der Waals surface area contributed by atoms with Crippen molar-refractivity contribution in [3.8, 4) is 5.75 Å². The van der Waals surface area contributed by atoms with Crippen LogP contribution >= 0.6 is 34.9 Å². The quantitative estimate of drug-likeness (QED) is 0.229. The van der Waals surface area contributed by atoms with Crippen molar-refractivity contribution in [2.45, 2.75) is 28.8 Å². The van der Waals surface area contributed by atoms with Crippen LogP contribution in [-0.2, 0) is 36.9 Å². The molecule has 2 aliphatic heterocycles. The number of amides is 2. The van der Waals surface area contributed by atoms with Crippen LogP contribution in [0.15, 0.2) is 39.9 Å². The van der Waals surface area contributed by atoms with Crippen LogP contribution in [0, 0.1) is 0 Å². The van der Waals surface area contributed by atoms with E-state index in [4.69, 9.17) is 9.84 Å². The van der Waals surface area contributed by atoms with E-state index >= 15 is 0 Å². The van der Waals surface area contributed by atoms with E-state index in [1.165, 1.54) is 45.8 Å². The molecule has 0 aliphatic carbocycles. The number of carboxylic acids is 2. The average Bonchev–Trinajstić information content (AvgIpc) is 3.29. The molecule has 3 heterocycles. The van der Waals surface area contributed by atoms with Gasteiger partial charge in [0, 0.05) is 17.1 Å². The molecule has 0 radical (unpaired) electrons. The predicted octanol–water partition coefficient (Wildman–Crippen LogP) is 0.918. The van der Waals surface area contributed by atoms with Crippen molar-refractivity contribution < 1.29 is 39.2 Å². The van der Waals surface area contributed by atoms with Gasteiger partial charge in [0.05, 0.1) is 6.42 Å². The first-order chi connectivity index (χ1) is 17.2. The molecule has 36 heavy (non-hydrogen) atoms. The summed E-state index contributed by atoms with van der Waals surface area (Å²) >= 11 is 3.82. The number of aliphatic carboxylic acids is 2. The Kier molecular flexibility index (Phi) is 8.13. The topological polar surface area (TPSA) is 179 Å². The van der Waals surface area contributed by atoms with Gasteiger partial charge in [0.2, 0.25) is 5.91 Å². The summed E-state index contributed by atoms with van der Waals surface area (Å²) in [7, 11) is 0. The fourth-order valence-electron chi connectivity index (χ4n) is 3.58. The highest BCUT2D eigenvalue weighted by Crippen LogP contribution is 2.41. The molecule has 2 aromatic rings. The highest BCUT2D eigenvalue weighted by molar-refractivity contribution is 8.01. The van der Waals surface area contributed by atoms with Crippen LogP contribution in [0.5, 0.6) is 5.75 Å². The second-order valence-electron chi connectivity index (χ2n) is 7.65. The van der Waals surface area contributed by atoms with E-state index < -0.39 is 41.8 Å². The Balaban J connectivity index is 1.37. The normalized spacial score (nSPS) is 19.0. The molecule has 1 unspecified atom stereocenters. The highest BCUT2D eigenvalue weighted by atomic mass is 32.2. The molecule has 12 nitrogen and oxygen atoms in total. The smallest absolute Gasteiger partial charge is 0.352 e. The molecule has 2 atom stereocenters. The molecule has 1 aromatic heterocycles. The monoisotopic (exact) mass is 552 g/mol. The van der Waals surface area contributed by atoms with E-state index in [1.54, 1.807) is 18.2 Å². The van der Waals surface area contributed by atoms with Gasteiger partial charge in [-0.05, 0) is 11.6 Å². The summed E-state index contributed by atoms with van der Waals surface area (Å²) in [5.41, 5.74) is 0.866. The number of β-lactam (4-membered cyclic amide) rings is 1. The standard InChI is InChI=1S/C21H20N4O8S3/c26-12-4-2-1-3-10(12)5-13(27)22-16-18(30)25-17(20(31)32)11(8-34-19(16)25)9-35-21-24-23-14(36-21)6-33-7-15(28)29/h1-4,16,19,26H,5-9H2,(H,22,27)(H,28,29)(H,31,32)/t16?,19-/m1/s1. The summed E-state index contributed by atoms with van der Waals surface area (Å²) in [4.78, 5) is 49.0. The molecule has 2 aliphatic rings. The third-order valence-corrected chi connectivity index (χ3v) is 8.63. The summed E-state index contributed by atoms with van der Waals surface area (Å²) in [6, 6.07) is 5.55. The number of para-hydroxylation sites is 1. The fourth-order valence-corrected chi connectivity index (χ4v) is 6.90. The van der Waals surface area contributed by atoms with Crippen LogP contribution in [0.25, 0.3) is 0 Å². The van der Waals surface area contributed by atoms with E-state index in [9.17, 15) is 29.4 Å². The van der Waals surface area contributed by atoms with Crippen molar-refractivity contribution >= 4 is 58.6 Å². The van der Waals surface area contributed by atoms with Gasteiger partial charge in [-0.3, -0.25) is 14.5 Å². The molecular weight excluding hydrogens is 532 g/mol. The van der Waals surface area contributed by atoms with Crippen LogP contribution in [0.1, 0.15) is 10.6 Å². The van der Waals surface area contributed by atoms with E-state index in [0.29, 0.717) is 26.2 Å². The van der Waals surface area contributed by atoms with Gasteiger partial charge in [-0.1, -0.05) is 41.3 Å². The van der Waals surface area contributed by atoms with Crippen molar-refractivity contribution in [3.63, 3.8) is 0 Å². The number of aromatic hydroxyl groups is 1. The molecule has 0 saturated carbocycles. The van der Waals surface area contributed by atoms with Gasteiger partial charge in [0.15, 0.2) is 4.34 Å². The number of nitrogens with zero attached hydrogens (tertiary/aromatic N) is 3. The number of carboxylic acid groups (broad SMARTS) is 2. The summed E-state index contributed by atoms with van der Waals surface area (Å²) in [6.45, 7) is -0.445. The Labute approximate surface area is 216 Å². The van der Waals surface area contributed by atoms with Crippen molar-refractivity contribution in [2.75, 3.05) is 18.1 Å². The fraction of sp³-hybridized carbons (Fsp3) is 0.333. The number of thioether (sulfide) groups is 2. The van der Waals surface area contributed by atoms with Crippen molar-refractivity contribution in [3.05, 3.63) is 46.1 Å². The number of carbonyl (C=O) groups excluding carboxylic acids is 2. The maximum absolute atomic E-state index is 12.8. The molecule has 4 N–H and O–H groups in total. The van der Waals surface area contributed by atoms with Crippen LogP contribution in [-0.4, -0.2) is 83.7 Å². The first-order valence-electron chi connectivity index (χ1n) is 10.5. The number of carbonyl (C=O) groups is 4. The first-order valence-corrected chi connectivity index (χ1v) is 13.3. The number of fused-ring (bicyclic) bond motifs is 1. The number of hydrogen-bond donors (Lipinski definition) is 4. The molecule has 4 rings (SSSR count). The van der Waals surface area contributed by atoms with Crippen LogP contribution in [0.4, 0.5) is 0 Å². The Bertz CT molecular complexity index is 1230. The number of benzene rings is 1. The van der Waals surface area contributed by atoms with Crippen molar-refractivity contribution in [2.24, 2.45) is 0 Å². The zero-order valence-electron chi connectivity index (χ0n) is 18.4. The summed E-state index contributed by atoms with van der Waals surface area (Å²) < 4.78 is 5.53. The Morgan fingerprint density at radius 3 is 2.72 bits per heavy atom.